The molecule has 0 aliphatic carbocycles. The molecule has 3 aromatic carbocycles. The number of hydrogen-bond donors (Lipinski definition) is 2. The summed E-state index contributed by atoms with van der Waals surface area (Å²) in [6.07, 6.45) is 0.820. The Hall–Kier alpha value is -3.55. The van der Waals surface area contributed by atoms with Gasteiger partial charge in [0.2, 0.25) is 5.78 Å². The Kier molecular flexibility index (Phi) is 5.91. The minimum absolute atomic E-state index is 0.00879. The Bertz CT molecular complexity index is 1520. The maximum atomic E-state index is 13.7. The summed E-state index contributed by atoms with van der Waals surface area (Å²) in [5.74, 6) is -2.14. The van der Waals surface area contributed by atoms with E-state index < -0.39 is 23.5 Å². The smallest absolute Gasteiger partial charge is 0.294 e. The highest BCUT2D eigenvalue weighted by atomic mass is 79.9. The fraction of sp³-hybridized carbons (Fsp3) is 0.111. The van der Waals surface area contributed by atoms with E-state index in [9.17, 15) is 19.8 Å². The first-order chi connectivity index (χ1) is 16.8. The third-order valence-corrected chi connectivity index (χ3v) is 6.86. The zero-order valence-electron chi connectivity index (χ0n) is 18.5. The minimum atomic E-state index is -0.986. The lowest BCUT2D eigenvalue weighted by Gasteiger charge is -2.27. The molecule has 4 aromatic rings. The van der Waals surface area contributed by atoms with Gasteiger partial charge in [0.15, 0.2) is 11.5 Å². The number of ketones is 1. The highest BCUT2D eigenvalue weighted by Crippen LogP contribution is 2.43. The van der Waals surface area contributed by atoms with Gasteiger partial charge in [0.1, 0.15) is 11.3 Å². The number of Topliss-reactive ketones (excluding diaryl/α,β-unsaturated/α-hetero) is 1. The number of phenols is 1. The lowest BCUT2D eigenvalue weighted by atomic mass is 9.94. The minimum Gasteiger partial charge on any atom is -0.506 e. The van der Waals surface area contributed by atoms with Gasteiger partial charge in [-0.15, -0.1) is 0 Å². The third kappa shape index (κ3) is 4.00. The van der Waals surface area contributed by atoms with Crippen LogP contribution in [0, 0.1) is 0 Å². The van der Waals surface area contributed by atoms with E-state index in [1.165, 1.54) is 17.0 Å². The molecule has 0 spiro atoms. The molecule has 8 heteroatoms. The summed E-state index contributed by atoms with van der Waals surface area (Å²) >= 11 is 9.57. The quantitative estimate of drug-likeness (QED) is 0.263. The van der Waals surface area contributed by atoms with Crippen molar-refractivity contribution < 1.29 is 24.2 Å². The summed E-state index contributed by atoms with van der Waals surface area (Å²) < 4.78 is 6.59. The lowest BCUT2D eigenvalue weighted by molar-refractivity contribution is -0.117. The fourth-order valence-corrected chi connectivity index (χ4v) is 4.83. The van der Waals surface area contributed by atoms with Gasteiger partial charge in [-0.3, -0.25) is 14.5 Å². The van der Waals surface area contributed by atoms with Crippen molar-refractivity contribution in [2.45, 2.75) is 19.4 Å². The van der Waals surface area contributed by atoms with E-state index >= 15 is 0 Å². The maximum absolute atomic E-state index is 13.7. The number of aromatic hydroxyl groups is 1. The number of fused-ring (bicyclic) bond motifs is 1. The van der Waals surface area contributed by atoms with Crippen LogP contribution in [0.2, 0.25) is 5.02 Å². The van der Waals surface area contributed by atoms with Gasteiger partial charge in [-0.05, 0) is 66.1 Å². The summed E-state index contributed by atoms with van der Waals surface area (Å²) in [5, 5.41) is 21.6. The molecule has 0 bridgehead atoms. The Labute approximate surface area is 214 Å². The summed E-state index contributed by atoms with van der Waals surface area (Å²) in [6.45, 7) is 2.02. The molecule has 0 fully saturated rings. The molecule has 0 saturated heterocycles. The van der Waals surface area contributed by atoms with Gasteiger partial charge in [0.05, 0.1) is 16.6 Å². The van der Waals surface area contributed by atoms with Crippen molar-refractivity contribution >= 4 is 55.9 Å². The van der Waals surface area contributed by atoms with Gasteiger partial charge in [-0.2, -0.15) is 0 Å². The topological polar surface area (TPSA) is 91.0 Å². The van der Waals surface area contributed by atoms with E-state index in [0.29, 0.717) is 22.2 Å². The number of furan rings is 1. The van der Waals surface area contributed by atoms with Crippen LogP contribution in [-0.2, 0) is 11.2 Å². The molecule has 2 N–H and O–H groups in total. The number of halogens is 2. The van der Waals surface area contributed by atoms with Crippen molar-refractivity contribution in [2.75, 3.05) is 4.90 Å². The normalized spacial score (nSPS) is 15.9. The number of anilines is 1. The Balaban J connectivity index is 1.66. The molecule has 5 rings (SSSR count). The molecule has 1 amide bonds. The summed E-state index contributed by atoms with van der Waals surface area (Å²) in [6, 6.07) is 17.7. The zero-order chi connectivity index (χ0) is 24.9. The number of phenolic OH excluding ortho intramolecular Hbond substituents is 1. The predicted molar refractivity (Wildman–Crippen MR) is 137 cm³/mol. The van der Waals surface area contributed by atoms with Gasteiger partial charge in [0, 0.05) is 15.5 Å². The number of nitrogens with zero attached hydrogens (tertiary/aromatic N) is 1. The average molecular weight is 553 g/mol. The molecule has 1 aliphatic heterocycles. The van der Waals surface area contributed by atoms with Crippen LogP contribution in [0.3, 0.4) is 0 Å². The van der Waals surface area contributed by atoms with Crippen LogP contribution in [-0.4, -0.2) is 21.9 Å². The number of aryl methyl sites for hydroxylation is 1. The van der Waals surface area contributed by atoms with Crippen molar-refractivity contribution in [3.8, 4) is 5.75 Å². The van der Waals surface area contributed by atoms with Crippen molar-refractivity contribution in [1.82, 2.24) is 0 Å². The zero-order valence-corrected chi connectivity index (χ0v) is 20.8. The van der Waals surface area contributed by atoms with E-state index in [1.54, 1.807) is 36.4 Å². The molecule has 0 saturated carbocycles. The number of amides is 1. The van der Waals surface area contributed by atoms with Gasteiger partial charge < -0.3 is 14.6 Å². The van der Waals surface area contributed by atoms with E-state index in [-0.39, 0.29) is 22.1 Å². The van der Waals surface area contributed by atoms with Crippen LogP contribution in [0.5, 0.6) is 5.75 Å². The largest absolute Gasteiger partial charge is 0.506 e. The fourth-order valence-electron chi connectivity index (χ4n) is 4.26. The second-order valence-corrected chi connectivity index (χ2v) is 9.52. The molecule has 2 heterocycles. The first-order valence-electron chi connectivity index (χ1n) is 10.9. The van der Waals surface area contributed by atoms with Gasteiger partial charge in [-0.1, -0.05) is 52.7 Å². The van der Waals surface area contributed by atoms with E-state index in [2.05, 4.69) is 15.9 Å². The summed E-state index contributed by atoms with van der Waals surface area (Å²) in [4.78, 5) is 28.3. The molecule has 0 radical (unpaired) electrons. The average Bonchev–Trinajstić information content (AvgIpc) is 3.39. The first-order valence-corrected chi connectivity index (χ1v) is 12.0. The van der Waals surface area contributed by atoms with Gasteiger partial charge in [0.25, 0.3) is 5.91 Å². The number of benzene rings is 3. The Morgan fingerprint density at radius 1 is 1.06 bits per heavy atom. The van der Waals surface area contributed by atoms with Crippen LogP contribution in [0.4, 0.5) is 5.69 Å². The van der Waals surface area contributed by atoms with Crippen LogP contribution < -0.4 is 4.90 Å². The highest BCUT2D eigenvalue weighted by molar-refractivity contribution is 9.10. The van der Waals surface area contributed by atoms with E-state index in [4.69, 9.17) is 16.0 Å². The monoisotopic (exact) mass is 551 g/mol. The van der Waals surface area contributed by atoms with Crippen molar-refractivity contribution in [1.29, 1.82) is 0 Å². The molecule has 176 valence electrons. The second-order valence-electron chi connectivity index (χ2n) is 8.19. The van der Waals surface area contributed by atoms with Crippen LogP contribution >= 0.6 is 27.5 Å². The SMILES string of the molecule is CCc1ccc(N2C(=O)C(O)=C(C(=O)c3cc4cc(Br)ccc4o3)C2c2ccc(O)c(Cl)c2)cc1. The van der Waals surface area contributed by atoms with Crippen molar-refractivity contribution in [2.24, 2.45) is 0 Å². The number of carbonyl (C=O) groups excluding carboxylic acids is 2. The Morgan fingerprint density at radius 2 is 1.80 bits per heavy atom. The number of hydrogen-bond acceptors (Lipinski definition) is 5. The molecular formula is C27H19BrClNO5. The lowest BCUT2D eigenvalue weighted by Crippen LogP contribution is -2.31. The highest BCUT2D eigenvalue weighted by Gasteiger charge is 2.45. The maximum Gasteiger partial charge on any atom is 0.294 e. The van der Waals surface area contributed by atoms with Crippen LogP contribution in [0.15, 0.2) is 87.0 Å². The molecule has 35 heavy (non-hydrogen) atoms. The van der Waals surface area contributed by atoms with Crippen LogP contribution in [0.1, 0.15) is 34.6 Å². The molecule has 1 atom stereocenters. The van der Waals surface area contributed by atoms with Gasteiger partial charge in [-0.25, -0.2) is 0 Å². The van der Waals surface area contributed by atoms with Gasteiger partial charge >= 0.3 is 0 Å². The number of aliphatic hydroxyl groups excluding tert-OH is 1. The van der Waals surface area contributed by atoms with Crippen LogP contribution in [0.25, 0.3) is 11.0 Å². The van der Waals surface area contributed by atoms with Crippen molar-refractivity contribution in [3.63, 3.8) is 0 Å². The molecule has 1 aliphatic rings. The molecule has 1 unspecified atom stereocenters. The number of rotatable bonds is 5. The summed E-state index contributed by atoms with van der Waals surface area (Å²) in [5.41, 5.74) is 2.40. The van der Waals surface area contributed by atoms with Crippen molar-refractivity contribution in [3.05, 3.63) is 104 Å². The predicted octanol–water partition coefficient (Wildman–Crippen LogP) is 6.90. The standard InChI is InChI=1S/C27H19BrClNO5/c1-2-14-3-7-18(8-4-14)30-24(15-5-9-20(31)19(29)12-15)23(26(33)27(30)34)25(32)22-13-16-11-17(28)6-10-21(16)35-22/h3-13,24,31,33H,2H2,1H3. The van der Waals surface area contributed by atoms with E-state index in [1.807, 2.05) is 25.1 Å². The number of carbonyl (C=O) groups is 2. The summed E-state index contributed by atoms with van der Waals surface area (Å²) in [7, 11) is 0. The van der Waals surface area contributed by atoms with E-state index in [0.717, 1.165) is 16.5 Å². The molecule has 1 aromatic heterocycles. The first kappa shape index (κ1) is 23.2. The number of aliphatic hydroxyl groups is 1. The molecule has 6 nitrogen and oxygen atoms in total. The third-order valence-electron chi connectivity index (χ3n) is 6.07. The second kappa shape index (κ2) is 8.91. The Morgan fingerprint density at radius 3 is 2.49 bits per heavy atom. The molecular weight excluding hydrogens is 534 g/mol.